The number of hydrogen-bond donors (Lipinski definition) is 0. The molecule has 0 rings (SSSR count). The second kappa shape index (κ2) is 4.10. The van der Waals surface area contributed by atoms with Crippen LogP contribution in [0.5, 0.6) is 0 Å². The summed E-state index contributed by atoms with van der Waals surface area (Å²) < 4.78 is 59.1. The molecule has 13 heavy (non-hydrogen) atoms. The summed E-state index contributed by atoms with van der Waals surface area (Å²) in [5.41, 5.74) is -4.67. The van der Waals surface area contributed by atoms with Gasteiger partial charge in [0.1, 0.15) is 0 Å². The second-order valence-corrected chi connectivity index (χ2v) is 4.07. The van der Waals surface area contributed by atoms with Crippen LogP contribution in [0.25, 0.3) is 0 Å². The Hall–Kier alpha value is -0.560. The molecule has 0 bridgehead atoms. The summed E-state index contributed by atoms with van der Waals surface area (Å²) >= 11 is 0. The molecule has 0 aliphatic heterocycles. The molecule has 0 aliphatic carbocycles. The van der Waals surface area contributed by atoms with Crippen LogP contribution in [0.15, 0.2) is 11.6 Å². The lowest BCUT2D eigenvalue weighted by Crippen LogP contribution is -2.25. The number of alkyl halides is 3. The summed E-state index contributed by atoms with van der Waals surface area (Å²) in [7, 11) is -5.44. The molecule has 0 saturated heterocycles. The van der Waals surface area contributed by atoms with Crippen molar-refractivity contribution in [3.8, 4) is 0 Å². The van der Waals surface area contributed by atoms with Gasteiger partial charge >= 0.3 is 15.6 Å². The quantitative estimate of drug-likeness (QED) is 0.412. The summed E-state index contributed by atoms with van der Waals surface area (Å²) in [5, 5.41) is 0. The molecule has 7 heteroatoms. The van der Waals surface area contributed by atoms with Gasteiger partial charge in [-0.3, -0.25) is 4.18 Å². The standard InChI is InChI=1S/C6H9F3O3S/c1-5(2)3-4-12-13(10,11)6(7,8)9/h3H,4H2,1-2H3. The fraction of sp³-hybridized carbons (Fsp3) is 0.667. The number of halogens is 3. The van der Waals surface area contributed by atoms with Gasteiger partial charge in [0.25, 0.3) is 0 Å². The van der Waals surface area contributed by atoms with E-state index in [1.165, 1.54) is 6.08 Å². The van der Waals surface area contributed by atoms with E-state index in [0.29, 0.717) is 5.57 Å². The van der Waals surface area contributed by atoms with Gasteiger partial charge in [-0.2, -0.15) is 21.6 Å². The molecule has 0 unspecified atom stereocenters. The molecule has 0 spiro atoms. The third-order valence-corrected chi connectivity index (χ3v) is 2.01. The van der Waals surface area contributed by atoms with E-state index in [1.807, 2.05) is 0 Å². The van der Waals surface area contributed by atoms with Crippen molar-refractivity contribution in [3.63, 3.8) is 0 Å². The Morgan fingerprint density at radius 1 is 1.38 bits per heavy atom. The third-order valence-electron chi connectivity index (χ3n) is 0.998. The Morgan fingerprint density at radius 3 is 2.15 bits per heavy atom. The van der Waals surface area contributed by atoms with E-state index in [4.69, 9.17) is 0 Å². The zero-order valence-corrected chi connectivity index (χ0v) is 7.87. The molecule has 0 aliphatic rings. The molecule has 0 heterocycles. The molecule has 0 atom stereocenters. The van der Waals surface area contributed by atoms with E-state index in [1.54, 1.807) is 13.8 Å². The molecular weight excluding hydrogens is 209 g/mol. The first kappa shape index (κ1) is 12.4. The topological polar surface area (TPSA) is 43.4 Å². The number of hydrogen-bond acceptors (Lipinski definition) is 3. The lowest BCUT2D eigenvalue weighted by atomic mass is 10.3. The first-order valence-electron chi connectivity index (χ1n) is 3.26. The molecule has 0 saturated carbocycles. The molecule has 78 valence electrons. The van der Waals surface area contributed by atoms with Crippen LogP contribution in [0.3, 0.4) is 0 Å². The molecule has 0 N–H and O–H groups in total. The van der Waals surface area contributed by atoms with Gasteiger partial charge in [-0.05, 0) is 13.8 Å². The minimum absolute atomic E-state index is 0.593. The van der Waals surface area contributed by atoms with Gasteiger partial charge in [-0.15, -0.1) is 0 Å². The van der Waals surface area contributed by atoms with E-state index in [0.717, 1.165) is 0 Å². The first-order valence-corrected chi connectivity index (χ1v) is 4.66. The highest BCUT2D eigenvalue weighted by Gasteiger charge is 2.47. The second-order valence-electron chi connectivity index (χ2n) is 2.47. The van der Waals surface area contributed by atoms with Gasteiger partial charge in [0, 0.05) is 0 Å². The third kappa shape index (κ3) is 4.28. The van der Waals surface area contributed by atoms with Crippen LogP contribution in [0.2, 0.25) is 0 Å². The molecule has 0 fully saturated rings. The molecule has 0 amide bonds. The zero-order valence-electron chi connectivity index (χ0n) is 7.05. The largest absolute Gasteiger partial charge is 0.523 e. The Kier molecular flexibility index (Phi) is 3.92. The van der Waals surface area contributed by atoms with Gasteiger partial charge in [0.05, 0.1) is 6.61 Å². The van der Waals surface area contributed by atoms with Gasteiger partial charge in [-0.25, -0.2) is 0 Å². The summed E-state index contributed by atoms with van der Waals surface area (Å²) in [5.74, 6) is 0. The van der Waals surface area contributed by atoms with Crippen LogP contribution in [0, 0.1) is 0 Å². The maximum atomic E-state index is 11.6. The minimum atomic E-state index is -5.44. The monoisotopic (exact) mass is 218 g/mol. The fourth-order valence-electron chi connectivity index (χ4n) is 0.357. The van der Waals surface area contributed by atoms with Crippen molar-refractivity contribution in [2.45, 2.75) is 19.4 Å². The van der Waals surface area contributed by atoms with Crippen molar-refractivity contribution in [3.05, 3.63) is 11.6 Å². The average Bonchev–Trinajstić information content (AvgIpc) is 1.82. The van der Waals surface area contributed by atoms with E-state index in [-0.39, 0.29) is 0 Å². The van der Waals surface area contributed by atoms with Crippen LogP contribution >= 0.6 is 0 Å². The summed E-state index contributed by atoms with van der Waals surface area (Å²) in [6, 6.07) is 0. The van der Waals surface area contributed by atoms with Crippen molar-refractivity contribution in [2.75, 3.05) is 6.61 Å². The summed E-state index contributed by atoms with van der Waals surface area (Å²) in [4.78, 5) is 0. The molecule has 0 aromatic heterocycles. The van der Waals surface area contributed by atoms with E-state index in [9.17, 15) is 21.6 Å². The minimum Gasteiger partial charge on any atom is -0.259 e. The van der Waals surface area contributed by atoms with Crippen LogP contribution in [-0.2, 0) is 14.3 Å². The predicted octanol–water partition coefficient (Wildman–Crippen LogP) is 1.82. The fourth-order valence-corrected chi connectivity index (χ4v) is 0.738. The van der Waals surface area contributed by atoms with Crippen molar-refractivity contribution >= 4 is 10.1 Å². The van der Waals surface area contributed by atoms with Gasteiger partial charge in [0.15, 0.2) is 0 Å². The van der Waals surface area contributed by atoms with Gasteiger partial charge < -0.3 is 0 Å². The summed E-state index contributed by atoms with van der Waals surface area (Å²) in [6.07, 6.45) is 1.24. The maximum Gasteiger partial charge on any atom is 0.523 e. The van der Waals surface area contributed by atoms with Crippen molar-refractivity contribution in [1.82, 2.24) is 0 Å². The van der Waals surface area contributed by atoms with Gasteiger partial charge in [-0.1, -0.05) is 11.6 Å². The normalized spacial score (nSPS) is 12.7. The zero-order chi connectivity index (χ0) is 10.7. The van der Waals surface area contributed by atoms with Crippen LogP contribution < -0.4 is 0 Å². The van der Waals surface area contributed by atoms with Crippen molar-refractivity contribution < 1.29 is 25.8 Å². The lowest BCUT2D eigenvalue weighted by molar-refractivity contribution is -0.0535. The molecule has 3 nitrogen and oxygen atoms in total. The Bertz CT molecular complexity index is 285. The smallest absolute Gasteiger partial charge is 0.259 e. The number of allylic oxidation sites excluding steroid dienone is 1. The van der Waals surface area contributed by atoms with Crippen LogP contribution in [0.1, 0.15) is 13.8 Å². The van der Waals surface area contributed by atoms with E-state index >= 15 is 0 Å². The van der Waals surface area contributed by atoms with Crippen molar-refractivity contribution in [1.29, 1.82) is 0 Å². The molecule has 0 radical (unpaired) electrons. The van der Waals surface area contributed by atoms with Crippen LogP contribution in [-0.4, -0.2) is 20.5 Å². The first-order chi connectivity index (χ1) is 5.67. The number of rotatable bonds is 3. The Morgan fingerprint density at radius 2 is 1.85 bits per heavy atom. The molecule has 0 aromatic carbocycles. The summed E-state index contributed by atoms with van der Waals surface area (Å²) in [6.45, 7) is 2.64. The van der Waals surface area contributed by atoms with Crippen LogP contribution in [0.4, 0.5) is 13.2 Å². The lowest BCUT2D eigenvalue weighted by Gasteiger charge is -2.06. The highest BCUT2D eigenvalue weighted by molar-refractivity contribution is 7.87. The maximum absolute atomic E-state index is 11.6. The van der Waals surface area contributed by atoms with Gasteiger partial charge in [0.2, 0.25) is 0 Å². The molecule has 0 aromatic rings. The molecular formula is C6H9F3O3S. The SMILES string of the molecule is CC(C)=CCOS(=O)(=O)C(F)(F)F. The highest BCUT2D eigenvalue weighted by Crippen LogP contribution is 2.24. The average molecular weight is 218 g/mol. The Labute approximate surface area is 74.3 Å². The predicted molar refractivity (Wildman–Crippen MR) is 40.4 cm³/mol. The van der Waals surface area contributed by atoms with Crippen molar-refractivity contribution in [2.24, 2.45) is 0 Å². The van der Waals surface area contributed by atoms with E-state index < -0.39 is 22.2 Å². The highest BCUT2D eigenvalue weighted by atomic mass is 32.2. The van der Waals surface area contributed by atoms with E-state index in [2.05, 4.69) is 4.18 Å². The Balaban J connectivity index is 4.31.